The van der Waals surface area contributed by atoms with Gasteiger partial charge in [-0.15, -0.1) is 11.3 Å². The van der Waals surface area contributed by atoms with Crippen molar-refractivity contribution in [3.05, 3.63) is 29.5 Å². The van der Waals surface area contributed by atoms with Crippen LogP contribution in [0.2, 0.25) is 0 Å². The summed E-state index contributed by atoms with van der Waals surface area (Å²) in [6, 6.07) is 3.78. The third kappa shape index (κ3) is 3.71. The number of carbonyl (C=O) groups is 1. The van der Waals surface area contributed by atoms with Crippen molar-refractivity contribution in [3.63, 3.8) is 0 Å². The van der Waals surface area contributed by atoms with Crippen LogP contribution in [0.15, 0.2) is 28.2 Å². The first-order valence-electron chi connectivity index (χ1n) is 7.13. The molecule has 1 atom stereocenters. The van der Waals surface area contributed by atoms with Crippen molar-refractivity contribution in [1.29, 1.82) is 0 Å². The first-order valence-corrected chi connectivity index (χ1v) is 8.01. The molecule has 3 rings (SSSR count). The zero-order valence-electron chi connectivity index (χ0n) is 11.7. The summed E-state index contributed by atoms with van der Waals surface area (Å²) in [6.07, 6.45) is 3.80. The molecule has 2 aromatic heterocycles. The van der Waals surface area contributed by atoms with Gasteiger partial charge in [-0.2, -0.15) is 0 Å². The Kier molecular flexibility index (Phi) is 4.36. The lowest BCUT2D eigenvalue weighted by Crippen LogP contribution is -2.20. The van der Waals surface area contributed by atoms with Crippen LogP contribution in [0.25, 0.3) is 10.8 Å². The number of carboxylic acid groups (broad SMARTS) is 1. The fourth-order valence-corrected chi connectivity index (χ4v) is 3.52. The van der Waals surface area contributed by atoms with Crippen molar-refractivity contribution in [2.24, 2.45) is 5.92 Å². The highest BCUT2D eigenvalue weighted by molar-refractivity contribution is 7.13. The van der Waals surface area contributed by atoms with Crippen LogP contribution in [0.4, 0.5) is 0 Å². The summed E-state index contributed by atoms with van der Waals surface area (Å²) >= 11 is 1.60. The van der Waals surface area contributed by atoms with Crippen LogP contribution in [-0.2, 0) is 11.3 Å². The number of carboxylic acids is 1. The van der Waals surface area contributed by atoms with Crippen molar-refractivity contribution in [3.8, 4) is 10.8 Å². The molecule has 3 heterocycles. The van der Waals surface area contributed by atoms with Gasteiger partial charge in [-0.05, 0) is 37.4 Å². The lowest BCUT2D eigenvalue weighted by Gasteiger charge is -2.14. The normalized spacial score (nSPS) is 19.1. The minimum atomic E-state index is -0.698. The van der Waals surface area contributed by atoms with Gasteiger partial charge in [0.2, 0.25) is 0 Å². The van der Waals surface area contributed by atoms with Gasteiger partial charge >= 0.3 is 5.97 Å². The minimum Gasteiger partial charge on any atom is -0.481 e. The van der Waals surface area contributed by atoms with Gasteiger partial charge in [0.25, 0.3) is 0 Å². The van der Waals surface area contributed by atoms with Crippen molar-refractivity contribution in [2.75, 3.05) is 13.1 Å². The van der Waals surface area contributed by atoms with Crippen molar-refractivity contribution in [2.45, 2.75) is 25.8 Å². The van der Waals surface area contributed by atoms with E-state index in [1.54, 1.807) is 17.6 Å². The first-order chi connectivity index (χ1) is 10.2. The van der Waals surface area contributed by atoms with Gasteiger partial charge in [-0.3, -0.25) is 9.69 Å². The highest BCUT2D eigenvalue weighted by Crippen LogP contribution is 2.26. The molecule has 5 nitrogen and oxygen atoms in total. The molecule has 1 aliphatic heterocycles. The molecule has 0 radical (unpaired) electrons. The number of thiazole rings is 1. The lowest BCUT2D eigenvalue weighted by molar-refractivity contribution is -0.137. The topological polar surface area (TPSA) is 66.6 Å². The van der Waals surface area contributed by atoms with E-state index in [2.05, 4.69) is 15.3 Å². The van der Waals surface area contributed by atoms with Crippen LogP contribution < -0.4 is 0 Å². The van der Waals surface area contributed by atoms with Crippen molar-refractivity contribution in [1.82, 2.24) is 9.88 Å². The summed E-state index contributed by atoms with van der Waals surface area (Å²) in [7, 11) is 0. The fraction of sp³-hybridized carbons (Fsp3) is 0.467. The largest absolute Gasteiger partial charge is 0.481 e. The van der Waals surface area contributed by atoms with Crippen LogP contribution in [-0.4, -0.2) is 34.0 Å². The second-order valence-corrected chi connectivity index (χ2v) is 6.30. The summed E-state index contributed by atoms with van der Waals surface area (Å²) in [5, 5.41) is 11.7. The summed E-state index contributed by atoms with van der Waals surface area (Å²) < 4.78 is 5.35. The monoisotopic (exact) mass is 306 g/mol. The van der Waals surface area contributed by atoms with Gasteiger partial charge in [0, 0.05) is 24.9 Å². The van der Waals surface area contributed by atoms with E-state index < -0.39 is 5.97 Å². The molecule has 0 aromatic carbocycles. The summed E-state index contributed by atoms with van der Waals surface area (Å²) in [6.45, 7) is 2.83. The molecule has 6 heteroatoms. The number of hydrogen-bond acceptors (Lipinski definition) is 5. The summed E-state index contributed by atoms with van der Waals surface area (Å²) in [5.74, 6) is 0.618. The average Bonchev–Trinajstić information content (AvgIpc) is 3.18. The Bertz CT molecular complexity index is 594. The Labute approximate surface area is 127 Å². The molecule has 0 amide bonds. The number of aromatic nitrogens is 1. The van der Waals surface area contributed by atoms with E-state index in [0.717, 1.165) is 48.9 Å². The van der Waals surface area contributed by atoms with Crippen molar-refractivity contribution >= 4 is 17.3 Å². The third-order valence-electron chi connectivity index (χ3n) is 3.81. The molecule has 0 bridgehead atoms. The highest BCUT2D eigenvalue weighted by Gasteiger charge is 2.23. The SMILES string of the molecule is O=C(O)CCC1CCN(Cc2csc(-c3ccco3)n2)C1. The second kappa shape index (κ2) is 6.41. The smallest absolute Gasteiger partial charge is 0.303 e. The number of likely N-dealkylation sites (tertiary alicyclic amines) is 1. The molecule has 2 aromatic rings. The molecular weight excluding hydrogens is 288 g/mol. The van der Waals surface area contributed by atoms with Crippen LogP contribution in [0.1, 0.15) is 25.0 Å². The van der Waals surface area contributed by atoms with Crippen molar-refractivity contribution < 1.29 is 14.3 Å². The highest BCUT2D eigenvalue weighted by atomic mass is 32.1. The Morgan fingerprint density at radius 3 is 3.24 bits per heavy atom. The number of rotatable bonds is 6. The Balaban J connectivity index is 1.52. The van der Waals surface area contributed by atoms with E-state index in [1.807, 2.05) is 12.1 Å². The van der Waals surface area contributed by atoms with Gasteiger partial charge in [-0.1, -0.05) is 0 Å². The molecule has 1 aliphatic rings. The molecular formula is C15H18N2O3S. The zero-order valence-corrected chi connectivity index (χ0v) is 12.5. The third-order valence-corrected chi connectivity index (χ3v) is 4.71. The minimum absolute atomic E-state index is 0.276. The van der Waals surface area contributed by atoms with Crippen LogP contribution >= 0.6 is 11.3 Å². The van der Waals surface area contributed by atoms with Gasteiger partial charge in [0.05, 0.1) is 12.0 Å². The molecule has 1 saturated heterocycles. The predicted molar refractivity (Wildman–Crippen MR) is 80.1 cm³/mol. The van der Waals surface area contributed by atoms with Crippen LogP contribution in [0, 0.1) is 5.92 Å². The van der Waals surface area contributed by atoms with Gasteiger partial charge < -0.3 is 9.52 Å². The summed E-state index contributed by atoms with van der Waals surface area (Å²) in [4.78, 5) is 17.6. The molecule has 1 N–H and O–H groups in total. The zero-order chi connectivity index (χ0) is 14.7. The number of hydrogen-bond donors (Lipinski definition) is 1. The first kappa shape index (κ1) is 14.3. The molecule has 0 saturated carbocycles. The van der Waals surface area contributed by atoms with E-state index in [4.69, 9.17) is 9.52 Å². The fourth-order valence-electron chi connectivity index (χ4n) is 2.74. The number of nitrogens with zero attached hydrogens (tertiary/aromatic N) is 2. The van der Waals surface area contributed by atoms with E-state index in [-0.39, 0.29) is 6.42 Å². The summed E-state index contributed by atoms with van der Waals surface area (Å²) in [5.41, 5.74) is 1.06. The number of aliphatic carboxylic acids is 1. The Hall–Kier alpha value is -1.66. The molecule has 112 valence electrons. The predicted octanol–water partition coefficient (Wildman–Crippen LogP) is 3.09. The average molecular weight is 306 g/mol. The maximum absolute atomic E-state index is 10.6. The van der Waals surface area contributed by atoms with E-state index in [9.17, 15) is 4.79 Å². The van der Waals surface area contributed by atoms with E-state index >= 15 is 0 Å². The number of furan rings is 1. The maximum Gasteiger partial charge on any atom is 0.303 e. The van der Waals surface area contributed by atoms with Gasteiger partial charge in [0.15, 0.2) is 10.8 Å². The Morgan fingerprint density at radius 2 is 2.48 bits per heavy atom. The maximum atomic E-state index is 10.6. The molecule has 1 unspecified atom stereocenters. The molecule has 1 fully saturated rings. The quantitative estimate of drug-likeness (QED) is 0.888. The van der Waals surface area contributed by atoms with Crippen LogP contribution in [0.5, 0.6) is 0 Å². The lowest BCUT2D eigenvalue weighted by atomic mass is 10.0. The molecule has 21 heavy (non-hydrogen) atoms. The van der Waals surface area contributed by atoms with E-state index in [1.165, 1.54) is 0 Å². The Morgan fingerprint density at radius 1 is 1.57 bits per heavy atom. The van der Waals surface area contributed by atoms with Gasteiger partial charge in [-0.25, -0.2) is 4.98 Å². The molecule has 0 aliphatic carbocycles. The van der Waals surface area contributed by atoms with E-state index in [0.29, 0.717) is 5.92 Å². The molecule has 0 spiro atoms. The van der Waals surface area contributed by atoms with Crippen LogP contribution in [0.3, 0.4) is 0 Å². The van der Waals surface area contributed by atoms with Gasteiger partial charge in [0.1, 0.15) is 0 Å². The second-order valence-electron chi connectivity index (χ2n) is 5.44. The standard InChI is InChI=1S/C15H18N2O3S/c18-14(19)4-3-11-5-6-17(8-11)9-12-10-21-15(16-12)13-2-1-7-20-13/h1-2,7,10-11H,3-6,8-9H2,(H,18,19).